The summed E-state index contributed by atoms with van der Waals surface area (Å²) in [5.41, 5.74) is 13.4. The van der Waals surface area contributed by atoms with Crippen molar-refractivity contribution in [2.45, 2.75) is 19.3 Å². The molecule has 0 atom stereocenters. The molecule has 7 aromatic carbocycles. The quantitative estimate of drug-likeness (QED) is 0.173. The lowest BCUT2D eigenvalue weighted by Crippen LogP contribution is -2.24. The minimum atomic E-state index is -0.0361. The molecule has 4 heterocycles. The first-order valence-corrected chi connectivity index (χ1v) is 18.1. The van der Waals surface area contributed by atoms with Gasteiger partial charge >= 0.3 is 0 Å². The van der Waals surface area contributed by atoms with Crippen molar-refractivity contribution in [2.75, 3.05) is 0 Å². The van der Waals surface area contributed by atoms with Crippen LogP contribution in [0, 0.1) is 0 Å². The van der Waals surface area contributed by atoms with Gasteiger partial charge in [-0.15, -0.1) is 11.3 Å². The molecular weight excluding hydrogens is 627 g/mol. The molecule has 0 saturated heterocycles. The van der Waals surface area contributed by atoms with Gasteiger partial charge in [0.25, 0.3) is 0 Å². The van der Waals surface area contributed by atoms with Gasteiger partial charge in [0.2, 0.25) is 0 Å². The van der Waals surface area contributed by atoms with E-state index in [1.807, 2.05) is 0 Å². The summed E-state index contributed by atoms with van der Waals surface area (Å²) < 4.78 is 4.85. The first-order chi connectivity index (χ1) is 24.6. The zero-order chi connectivity index (χ0) is 33.1. The van der Waals surface area contributed by atoms with E-state index in [1.165, 1.54) is 71.3 Å². The highest BCUT2D eigenvalue weighted by Crippen LogP contribution is 2.49. The number of aromatic nitrogens is 3. The molecule has 1 aliphatic heterocycles. The van der Waals surface area contributed by atoms with Crippen molar-refractivity contribution in [1.82, 2.24) is 14.1 Å². The predicted octanol–water partition coefficient (Wildman–Crippen LogP) is 12.5. The van der Waals surface area contributed by atoms with Gasteiger partial charge in [0.15, 0.2) is 0 Å². The number of thiophene rings is 1. The summed E-state index contributed by atoms with van der Waals surface area (Å²) in [6.07, 6.45) is 0. The normalized spacial score (nSPS) is 13.6. The SMILES string of the molecule is CC1(C)c2cscc2-n2c3ccc(-c4ccc(-n5c(-c6ccccc6)nc6c7ccccc7c7ccccc7c65)cc4)cc3c3cccc1c32. The van der Waals surface area contributed by atoms with Gasteiger partial charge in [0, 0.05) is 43.6 Å². The summed E-state index contributed by atoms with van der Waals surface area (Å²) >= 11 is 1.80. The van der Waals surface area contributed by atoms with Crippen LogP contribution in [0.5, 0.6) is 0 Å². The third-order valence-corrected chi connectivity index (χ3v) is 11.8. The Bertz CT molecular complexity index is 2990. The number of hydrogen-bond donors (Lipinski definition) is 0. The predicted molar refractivity (Wildman–Crippen MR) is 211 cm³/mol. The van der Waals surface area contributed by atoms with E-state index in [2.05, 4.69) is 173 Å². The van der Waals surface area contributed by atoms with Gasteiger partial charge in [-0.3, -0.25) is 4.57 Å². The van der Waals surface area contributed by atoms with E-state index < -0.39 is 0 Å². The van der Waals surface area contributed by atoms with Gasteiger partial charge in [-0.25, -0.2) is 4.98 Å². The number of fused-ring (bicyclic) bond motifs is 11. The molecule has 236 valence electrons. The van der Waals surface area contributed by atoms with Gasteiger partial charge in [0.1, 0.15) is 5.82 Å². The fourth-order valence-corrected chi connectivity index (χ4v) is 9.60. The van der Waals surface area contributed by atoms with E-state index >= 15 is 0 Å². The largest absolute Gasteiger partial charge is 0.308 e. The minimum Gasteiger partial charge on any atom is -0.308 e. The van der Waals surface area contributed by atoms with Gasteiger partial charge in [-0.2, -0.15) is 0 Å². The van der Waals surface area contributed by atoms with Crippen molar-refractivity contribution in [3.63, 3.8) is 0 Å². The lowest BCUT2D eigenvalue weighted by atomic mass is 9.76. The number of nitrogens with zero attached hydrogens (tertiary/aromatic N) is 3. The molecule has 0 unspecified atom stereocenters. The molecule has 0 N–H and O–H groups in total. The Labute approximate surface area is 293 Å². The van der Waals surface area contributed by atoms with E-state index in [9.17, 15) is 0 Å². The summed E-state index contributed by atoms with van der Waals surface area (Å²) in [5, 5.41) is 12.1. The second-order valence-electron chi connectivity index (χ2n) is 14.0. The van der Waals surface area contributed by atoms with Crippen LogP contribution in [0.2, 0.25) is 0 Å². The minimum absolute atomic E-state index is 0.0361. The number of hydrogen-bond acceptors (Lipinski definition) is 2. The Hall–Kier alpha value is -5.97. The number of benzene rings is 7. The molecule has 50 heavy (non-hydrogen) atoms. The Morgan fingerprint density at radius 1 is 0.500 bits per heavy atom. The Morgan fingerprint density at radius 2 is 1.16 bits per heavy atom. The van der Waals surface area contributed by atoms with Crippen LogP contribution in [0.4, 0.5) is 0 Å². The van der Waals surface area contributed by atoms with Crippen molar-refractivity contribution >= 4 is 65.7 Å². The molecular formula is C46H31N3S. The van der Waals surface area contributed by atoms with Crippen LogP contribution in [-0.2, 0) is 5.41 Å². The molecule has 0 bridgehead atoms. The van der Waals surface area contributed by atoms with Crippen molar-refractivity contribution in [3.05, 3.63) is 161 Å². The van der Waals surface area contributed by atoms with Gasteiger partial charge in [0.05, 0.1) is 27.8 Å². The third kappa shape index (κ3) is 3.66. The lowest BCUT2D eigenvalue weighted by Gasteiger charge is -2.32. The number of rotatable bonds is 3. The van der Waals surface area contributed by atoms with Crippen molar-refractivity contribution in [1.29, 1.82) is 0 Å². The van der Waals surface area contributed by atoms with Crippen molar-refractivity contribution < 1.29 is 0 Å². The molecule has 10 aromatic rings. The molecule has 11 rings (SSSR count). The van der Waals surface area contributed by atoms with E-state index in [0.29, 0.717) is 0 Å². The van der Waals surface area contributed by atoms with Crippen molar-refractivity contribution in [3.8, 4) is 33.9 Å². The van der Waals surface area contributed by atoms with Gasteiger partial charge in [-0.05, 0) is 62.7 Å². The molecule has 0 fully saturated rings. The molecule has 0 amide bonds. The van der Waals surface area contributed by atoms with Crippen LogP contribution in [0.3, 0.4) is 0 Å². The van der Waals surface area contributed by atoms with Crippen molar-refractivity contribution in [2.24, 2.45) is 0 Å². The molecule has 0 radical (unpaired) electrons. The van der Waals surface area contributed by atoms with Gasteiger partial charge < -0.3 is 4.57 Å². The molecule has 0 aliphatic carbocycles. The first-order valence-electron chi connectivity index (χ1n) is 17.2. The van der Waals surface area contributed by atoms with Crippen LogP contribution < -0.4 is 0 Å². The maximum absolute atomic E-state index is 5.39. The molecule has 3 nitrogen and oxygen atoms in total. The Kier molecular flexibility index (Phi) is 5.61. The summed E-state index contributed by atoms with van der Waals surface area (Å²) in [6.45, 7) is 4.72. The average molecular weight is 658 g/mol. The van der Waals surface area contributed by atoms with Crippen LogP contribution >= 0.6 is 11.3 Å². The highest BCUT2D eigenvalue weighted by molar-refractivity contribution is 7.08. The number of para-hydroxylation sites is 1. The lowest BCUT2D eigenvalue weighted by molar-refractivity contribution is 0.633. The Balaban J connectivity index is 1.12. The van der Waals surface area contributed by atoms with E-state index in [1.54, 1.807) is 11.3 Å². The van der Waals surface area contributed by atoms with Crippen LogP contribution in [0.25, 0.3) is 88.3 Å². The summed E-state index contributed by atoms with van der Waals surface area (Å²) in [6, 6.07) is 50.8. The van der Waals surface area contributed by atoms with E-state index in [4.69, 9.17) is 4.98 Å². The third-order valence-electron chi connectivity index (χ3n) is 11.0. The van der Waals surface area contributed by atoms with Crippen LogP contribution in [-0.4, -0.2) is 14.1 Å². The molecule has 1 aliphatic rings. The van der Waals surface area contributed by atoms with Crippen LogP contribution in [0.1, 0.15) is 25.0 Å². The summed E-state index contributed by atoms with van der Waals surface area (Å²) in [5.74, 6) is 0.945. The zero-order valence-corrected chi connectivity index (χ0v) is 28.5. The fourth-order valence-electron chi connectivity index (χ4n) is 8.62. The highest BCUT2D eigenvalue weighted by Gasteiger charge is 2.35. The molecule has 3 aromatic heterocycles. The summed E-state index contributed by atoms with van der Waals surface area (Å²) in [7, 11) is 0. The monoisotopic (exact) mass is 657 g/mol. The number of imidazole rings is 1. The molecule has 4 heteroatoms. The molecule has 0 saturated carbocycles. The summed E-state index contributed by atoms with van der Waals surface area (Å²) in [4.78, 5) is 5.39. The zero-order valence-electron chi connectivity index (χ0n) is 27.7. The highest BCUT2D eigenvalue weighted by atomic mass is 32.1. The molecule has 0 spiro atoms. The van der Waals surface area contributed by atoms with E-state index in [-0.39, 0.29) is 5.41 Å². The second-order valence-corrected chi connectivity index (χ2v) is 14.8. The maximum atomic E-state index is 5.39. The topological polar surface area (TPSA) is 22.8 Å². The second kappa shape index (κ2) is 10.0. The van der Waals surface area contributed by atoms with Crippen LogP contribution in [0.15, 0.2) is 150 Å². The Morgan fingerprint density at radius 3 is 1.96 bits per heavy atom. The average Bonchev–Trinajstić information content (AvgIpc) is 3.90. The standard InChI is InChI=1S/C46H31N3S/c1-46(2)38-18-10-17-36-37-25-30(21-24-40(37)49(43(36)38)41-27-50-26-39(41)46)28-19-22-31(23-20-28)48-44-35-16-9-7-14-33(35)32-13-6-8-15-34(32)42(44)47-45(48)29-11-4-3-5-12-29/h3-27H,1-2H3. The maximum Gasteiger partial charge on any atom is 0.145 e. The van der Waals surface area contributed by atoms with Gasteiger partial charge in [-0.1, -0.05) is 129 Å². The van der Waals surface area contributed by atoms with E-state index in [0.717, 1.165) is 28.1 Å². The fraction of sp³-hybridized carbons (Fsp3) is 0.0652. The smallest absolute Gasteiger partial charge is 0.145 e. The first kappa shape index (κ1) is 27.9.